The third-order valence-corrected chi connectivity index (χ3v) is 5.14. The van der Waals surface area contributed by atoms with Crippen LogP contribution in [0.4, 0.5) is 0 Å². The second-order valence-electron chi connectivity index (χ2n) is 7.54. The first kappa shape index (κ1) is 24.8. The van der Waals surface area contributed by atoms with Crippen molar-refractivity contribution in [2.45, 2.75) is 84.3 Å². The molecule has 0 N–H and O–H groups in total. The van der Waals surface area contributed by atoms with Crippen LogP contribution in [0.25, 0.3) is 0 Å². The molecule has 0 amide bonds. The van der Waals surface area contributed by atoms with E-state index in [1.54, 1.807) is 0 Å². The zero-order chi connectivity index (χ0) is 19.2. The van der Waals surface area contributed by atoms with Crippen molar-refractivity contribution < 1.29 is 26.3 Å². The Labute approximate surface area is 183 Å². The van der Waals surface area contributed by atoms with Gasteiger partial charge in [-0.15, -0.1) is 0 Å². The van der Waals surface area contributed by atoms with Gasteiger partial charge in [0.15, 0.2) is 18.9 Å². The van der Waals surface area contributed by atoms with Crippen molar-refractivity contribution in [1.82, 2.24) is 0 Å². The molecule has 0 saturated carbocycles. The molecule has 0 radical (unpaired) electrons. The van der Waals surface area contributed by atoms with E-state index in [9.17, 15) is 0 Å². The third kappa shape index (κ3) is 9.84. The Hall–Kier alpha value is -1.19. The average Bonchev–Trinajstić information content (AvgIpc) is 2.71. The first-order chi connectivity index (χ1) is 13.3. The second-order valence-corrected chi connectivity index (χ2v) is 7.54. The van der Waals surface area contributed by atoms with Crippen LogP contribution in [0, 0.1) is 0 Å². The maximum absolute atomic E-state index is 6.23. The molecule has 0 fully saturated rings. The summed E-state index contributed by atoms with van der Waals surface area (Å²) in [7, 11) is 0. The molecule has 0 aliphatic heterocycles. The van der Waals surface area contributed by atoms with Crippen LogP contribution < -0.4 is 21.5 Å². The highest BCUT2D eigenvalue weighted by molar-refractivity contribution is 5.24. The van der Waals surface area contributed by atoms with Gasteiger partial charge in [-0.25, -0.2) is 4.57 Å². The molecule has 0 bridgehead atoms. The van der Waals surface area contributed by atoms with E-state index < -0.39 is 0 Å². The van der Waals surface area contributed by atoms with Gasteiger partial charge in [-0.1, -0.05) is 82.7 Å². The highest BCUT2D eigenvalue weighted by Gasteiger charge is 2.17. The fraction of sp³-hybridized carbons (Fsp3) is 0.560. The summed E-state index contributed by atoms with van der Waals surface area (Å²) >= 11 is 0. The molecule has 1 aromatic carbocycles. The number of hydrogen-bond acceptors (Lipinski definition) is 1. The molecule has 3 heteroatoms. The quantitative estimate of drug-likeness (QED) is 0.319. The van der Waals surface area contributed by atoms with Crippen molar-refractivity contribution in [2.24, 2.45) is 0 Å². The lowest BCUT2D eigenvalue weighted by molar-refractivity contribution is -0.705. The van der Waals surface area contributed by atoms with Crippen molar-refractivity contribution in [3.8, 4) is 0 Å². The average molecular weight is 448 g/mol. The maximum atomic E-state index is 6.23. The normalized spacial score (nSPS) is 11.8. The Morgan fingerprint density at radius 3 is 2.11 bits per heavy atom. The predicted molar refractivity (Wildman–Crippen MR) is 114 cm³/mol. The van der Waals surface area contributed by atoms with Crippen LogP contribution >= 0.6 is 0 Å². The summed E-state index contributed by atoms with van der Waals surface area (Å²) in [5, 5.41) is 0. The molecule has 2 nitrogen and oxygen atoms in total. The number of pyridine rings is 1. The molecule has 156 valence electrons. The second kappa shape index (κ2) is 15.7. The third-order valence-electron chi connectivity index (χ3n) is 5.14. The smallest absolute Gasteiger partial charge is 0.178 e. The molecular weight excluding hydrogens is 410 g/mol. The molecule has 2 rings (SSSR count). The molecule has 1 aromatic heterocycles. The Morgan fingerprint density at radius 1 is 0.786 bits per heavy atom. The van der Waals surface area contributed by atoms with E-state index in [1.165, 1.54) is 62.5 Å². The summed E-state index contributed by atoms with van der Waals surface area (Å²) in [5.41, 5.74) is 2.74. The van der Waals surface area contributed by atoms with Gasteiger partial charge in [0.05, 0.1) is 0 Å². The first-order valence-corrected chi connectivity index (χ1v) is 11.0. The molecule has 1 unspecified atom stereocenters. The van der Waals surface area contributed by atoms with Crippen LogP contribution in [0.2, 0.25) is 0 Å². The lowest BCUT2D eigenvalue weighted by atomic mass is 10.0. The predicted octanol–water partition coefficient (Wildman–Crippen LogP) is 3.44. The number of hydrogen-bond donors (Lipinski definition) is 0. The maximum Gasteiger partial charge on any atom is 0.178 e. The Balaban J connectivity index is 0.00000392. The van der Waals surface area contributed by atoms with E-state index in [0.29, 0.717) is 0 Å². The van der Waals surface area contributed by atoms with Crippen molar-refractivity contribution >= 4 is 0 Å². The van der Waals surface area contributed by atoms with Crippen LogP contribution in [0.15, 0.2) is 54.9 Å². The zero-order valence-electron chi connectivity index (χ0n) is 17.8. The molecule has 1 atom stereocenters. The molecule has 0 saturated heterocycles. The van der Waals surface area contributed by atoms with Gasteiger partial charge in [0.2, 0.25) is 0 Å². The number of rotatable bonds is 14. The Kier molecular flexibility index (Phi) is 13.9. The number of aryl methyl sites for hydroxylation is 1. The van der Waals surface area contributed by atoms with Gasteiger partial charge in [0, 0.05) is 18.7 Å². The number of halogens is 1. The van der Waals surface area contributed by atoms with Gasteiger partial charge in [-0.3, -0.25) is 0 Å². The molecule has 0 aliphatic carbocycles. The number of nitrogens with zero attached hydrogens (tertiary/aromatic N) is 1. The zero-order valence-corrected chi connectivity index (χ0v) is 19.4. The minimum Gasteiger partial charge on any atom is -1.00 e. The van der Waals surface area contributed by atoms with Crippen LogP contribution in [-0.2, 0) is 17.7 Å². The van der Waals surface area contributed by atoms with Gasteiger partial charge < -0.3 is 21.7 Å². The van der Waals surface area contributed by atoms with Crippen LogP contribution in [0.1, 0.15) is 82.4 Å². The van der Waals surface area contributed by atoms with Crippen LogP contribution in [0.3, 0.4) is 0 Å². The highest BCUT2D eigenvalue weighted by atomic mass is 79.9. The lowest BCUT2D eigenvalue weighted by Gasteiger charge is -2.16. The van der Waals surface area contributed by atoms with E-state index >= 15 is 0 Å². The summed E-state index contributed by atoms with van der Waals surface area (Å²) in [4.78, 5) is 0. The Morgan fingerprint density at radius 2 is 1.43 bits per heavy atom. The number of aromatic nitrogens is 1. The van der Waals surface area contributed by atoms with E-state index in [2.05, 4.69) is 73.3 Å². The number of unbranched alkanes of at least 4 members (excludes halogenated alkanes) is 6. The number of benzene rings is 1. The van der Waals surface area contributed by atoms with Gasteiger partial charge >= 0.3 is 0 Å². The van der Waals surface area contributed by atoms with Gasteiger partial charge in [-0.05, 0) is 30.4 Å². The van der Waals surface area contributed by atoms with E-state index in [-0.39, 0.29) is 23.1 Å². The van der Waals surface area contributed by atoms with Crippen molar-refractivity contribution in [3.63, 3.8) is 0 Å². The topological polar surface area (TPSA) is 13.1 Å². The van der Waals surface area contributed by atoms with Crippen molar-refractivity contribution in [1.29, 1.82) is 0 Å². The summed E-state index contributed by atoms with van der Waals surface area (Å²) in [6.07, 6.45) is 16.0. The summed E-state index contributed by atoms with van der Waals surface area (Å²) < 4.78 is 8.44. The van der Waals surface area contributed by atoms with E-state index in [0.717, 1.165) is 19.6 Å². The lowest BCUT2D eigenvalue weighted by Crippen LogP contribution is -3.00. The summed E-state index contributed by atoms with van der Waals surface area (Å²) in [6, 6.07) is 15.3. The fourth-order valence-electron chi connectivity index (χ4n) is 3.38. The van der Waals surface area contributed by atoms with E-state index in [1.807, 2.05) is 0 Å². The molecule has 28 heavy (non-hydrogen) atoms. The first-order valence-electron chi connectivity index (χ1n) is 11.0. The summed E-state index contributed by atoms with van der Waals surface area (Å²) in [5.74, 6) is 0. The number of ether oxygens (including phenoxy) is 1. The summed E-state index contributed by atoms with van der Waals surface area (Å²) in [6.45, 7) is 6.17. The van der Waals surface area contributed by atoms with Crippen molar-refractivity contribution in [3.05, 3.63) is 66.0 Å². The van der Waals surface area contributed by atoms with E-state index in [4.69, 9.17) is 4.74 Å². The molecule has 1 heterocycles. The van der Waals surface area contributed by atoms with Crippen molar-refractivity contribution in [2.75, 3.05) is 6.61 Å². The van der Waals surface area contributed by atoms with Gasteiger partial charge in [-0.2, -0.15) is 0 Å². The molecule has 0 aliphatic rings. The Bertz CT molecular complexity index is 600. The minimum atomic E-state index is 0. The molecule has 2 aromatic rings. The van der Waals surface area contributed by atoms with Crippen LogP contribution in [0.5, 0.6) is 0 Å². The largest absolute Gasteiger partial charge is 1.00 e. The van der Waals surface area contributed by atoms with Gasteiger partial charge in [0.1, 0.15) is 6.10 Å². The highest BCUT2D eigenvalue weighted by Crippen LogP contribution is 2.20. The van der Waals surface area contributed by atoms with Crippen LogP contribution in [-0.4, -0.2) is 6.61 Å². The van der Waals surface area contributed by atoms with Gasteiger partial charge in [0.25, 0.3) is 0 Å². The SMILES string of the molecule is CCCCCCCCc1ccc(C(C[n+]2ccccc2)OCCCC)cc1.[Br-]. The standard InChI is InChI=1S/C25H38NO.BrH/c1-3-5-7-8-9-11-14-23-15-17-24(18-16-23)25(27-21-6-4-2)22-26-19-12-10-13-20-26;/h10,12-13,15-20,25H,3-9,11,14,21-22H2,1-2H3;1H/q+1;/p-1. The fourth-order valence-corrected chi connectivity index (χ4v) is 3.38. The molecular formula is C25H38BrNO. The monoisotopic (exact) mass is 447 g/mol. The minimum absolute atomic E-state index is 0. The molecule has 0 spiro atoms.